The first-order chi connectivity index (χ1) is 13.8. The number of non-ortho nitro benzene ring substituents is 1. The lowest BCUT2D eigenvalue weighted by molar-refractivity contribution is -0.385. The minimum Gasteiger partial charge on any atom is -0.355 e. The molecule has 156 valence electrons. The minimum absolute atomic E-state index is 0.0636. The van der Waals surface area contributed by atoms with Crippen LogP contribution in [0.2, 0.25) is 0 Å². The first-order valence-corrected chi connectivity index (χ1v) is 11.0. The fourth-order valence-corrected chi connectivity index (χ4v) is 3.98. The third-order valence-electron chi connectivity index (χ3n) is 3.69. The average molecular weight is 441 g/mol. The highest BCUT2D eigenvalue weighted by Crippen LogP contribution is 2.16. The molecule has 10 nitrogen and oxygen atoms in total. The van der Waals surface area contributed by atoms with Gasteiger partial charge in [0.15, 0.2) is 0 Å². The number of thiophene rings is 1. The predicted octanol–water partition coefficient (Wildman–Crippen LogP) is 1.26. The molecule has 0 saturated heterocycles. The van der Waals surface area contributed by atoms with Crippen LogP contribution < -0.4 is 15.4 Å². The van der Waals surface area contributed by atoms with Crippen molar-refractivity contribution in [1.29, 1.82) is 0 Å². The Kier molecular flexibility index (Phi) is 8.24. The van der Waals surface area contributed by atoms with E-state index in [4.69, 9.17) is 0 Å². The number of nitro benzene ring substituents is 1. The SMILES string of the molecule is O=C(CCCNC(=O)c1cccs1)NCCNS(=O)(=O)c1cccc([N+](=O)[O-])c1. The molecule has 0 saturated carbocycles. The molecule has 2 aromatic rings. The Bertz CT molecular complexity index is 960. The summed E-state index contributed by atoms with van der Waals surface area (Å²) in [4.78, 5) is 33.9. The second-order valence-electron chi connectivity index (χ2n) is 5.84. The summed E-state index contributed by atoms with van der Waals surface area (Å²) in [6.45, 7) is 0.351. The van der Waals surface area contributed by atoms with Crippen LogP contribution in [-0.4, -0.2) is 44.8 Å². The highest BCUT2D eigenvalue weighted by atomic mass is 32.2. The molecule has 3 N–H and O–H groups in total. The molecule has 12 heteroatoms. The van der Waals surface area contributed by atoms with E-state index in [1.54, 1.807) is 17.5 Å². The molecule has 0 unspecified atom stereocenters. The van der Waals surface area contributed by atoms with Gasteiger partial charge in [0.1, 0.15) is 0 Å². The Morgan fingerprint density at radius 3 is 2.55 bits per heavy atom. The Morgan fingerprint density at radius 1 is 1.07 bits per heavy atom. The number of rotatable bonds is 11. The van der Waals surface area contributed by atoms with Crippen LogP contribution in [0.15, 0.2) is 46.7 Å². The van der Waals surface area contributed by atoms with Gasteiger partial charge >= 0.3 is 0 Å². The number of benzene rings is 1. The summed E-state index contributed by atoms with van der Waals surface area (Å²) in [5, 5.41) is 17.8. The van der Waals surface area contributed by atoms with Crippen molar-refractivity contribution in [2.45, 2.75) is 17.7 Å². The van der Waals surface area contributed by atoms with Crippen LogP contribution in [0.25, 0.3) is 0 Å². The highest BCUT2D eigenvalue weighted by Gasteiger charge is 2.17. The number of carbonyl (C=O) groups excluding carboxylic acids is 2. The molecule has 0 atom stereocenters. The topological polar surface area (TPSA) is 148 Å². The van der Waals surface area contributed by atoms with Crippen molar-refractivity contribution in [3.8, 4) is 0 Å². The quantitative estimate of drug-likeness (QED) is 0.272. The molecular formula is C17H20N4O6S2. The molecule has 29 heavy (non-hydrogen) atoms. The molecule has 2 amide bonds. The molecule has 1 aromatic carbocycles. The van der Waals surface area contributed by atoms with Gasteiger partial charge in [-0.05, 0) is 23.9 Å². The summed E-state index contributed by atoms with van der Waals surface area (Å²) in [6, 6.07) is 8.18. The number of nitrogens with one attached hydrogen (secondary N) is 3. The summed E-state index contributed by atoms with van der Waals surface area (Å²) >= 11 is 1.33. The lowest BCUT2D eigenvalue weighted by Crippen LogP contribution is -2.35. The number of amides is 2. The largest absolute Gasteiger partial charge is 0.355 e. The summed E-state index contributed by atoms with van der Waals surface area (Å²) in [5.74, 6) is -0.458. The molecule has 2 rings (SSSR count). The second kappa shape index (κ2) is 10.6. The van der Waals surface area contributed by atoms with E-state index in [9.17, 15) is 28.1 Å². The summed E-state index contributed by atoms with van der Waals surface area (Å²) in [6.07, 6.45) is 0.630. The van der Waals surface area contributed by atoms with Gasteiger partial charge in [-0.25, -0.2) is 13.1 Å². The first kappa shape index (κ1) is 22.5. The van der Waals surface area contributed by atoms with Crippen molar-refractivity contribution >= 4 is 38.9 Å². The molecule has 1 aromatic heterocycles. The second-order valence-corrected chi connectivity index (χ2v) is 8.55. The van der Waals surface area contributed by atoms with Gasteiger partial charge in [-0.3, -0.25) is 19.7 Å². The highest BCUT2D eigenvalue weighted by molar-refractivity contribution is 7.89. The number of hydrogen-bond acceptors (Lipinski definition) is 7. The summed E-state index contributed by atoms with van der Waals surface area (Å²) in [5.41, 5.74) is -0.327. The lowest BCUT2D eigenvalue weighted by Gasteiger charge is -2.08. The van der Waals surface area contributed by atoms with Crippen molar-refractivity contribution in [3.63, 3.8) is 0 Å². The van der Waals surface area contributed by atoms with Gasteiger partial charge in [0.25, 0.3) is 11.6 Å². The van der Waals surface area contributed by atoms with E-state index in [0.717, 1.165) is 6.07 Å². The lowest BCUT2D eigenvalue weighted by atomic mass is 10.3. The van der Waals surface area contributed by atoms with Gasteiger partial charge in [0.2, 0.25) is 15.9 Å². The van der Waals surface area contributed by atoms with Crippen molar-refractivity contribution in [2.24, 2.45) is 0 Å². The monoisotopic (exact) mass is 440 g/mol. The molecule has 0 spiro atoms. The fraction of sp³-hybridized carbons (Fsp3) is 0.294. The van der Waals surface area contributed by atoms with E-state index in [-0.39, 0.29) is 41.9 Å². The maximum absolute atomic E-state index is 12.1. The number of nitro groups is 1. The Labute approximate surface area is 171 Å². The zero-order valence-electron chi connectivity index (χ0n) is 15.3. The molecule has 0 fully saturated rings. The van der Waals surface area contributed by atoms with E-state index >= 15 is 0 Å². The van der Waals surface area contributed by atoms with Crippen LogP contribution in [0.3, 0.4) is 0 Å². The van der Waals surface area contributed by atoms with Crippen molar-refractivity contribution < 1.29 is 22.9 Å². The Balaban J connectivity index is 1.65. The molecule has 0 aliphatic carbocycles. The van der Waals surface area contributed by atoms with Crippen molar-refractivity contribution in [2.75, 3.05) is 19.6 Å². The number of sulfonamides is 1. The van der Waals surface area contributed by atoms with Crippen LogP contribution in [-0.2, 0) is 14.8 Å². The molecular weight excluding hydrogens is 420 g/mol. The van der Waals surface area contributed by atoms with Gasteiger partial charge in [-0.1, -0.05) is 12.1 Å². The van der Waals surface area contributed by atoms with Gasteiger partial charge in [-0.15, -0.1) is 11.3 Å². The van der Waals surface area contributed by atoms with E-state index in [1.165, 1.54) is 29.5 Å². The number of nitrogens with zero attached hydrogens (tertiary/aromatic N) is 1. The van der Waals surface area contributed by atoms with Crippen LogP contribution in [0.4, 0.5) is 5.69 Å². The van der Waals surface area contributed by atoms with Gasteiger partial charge in [-0.2, -0.15) is 0 Å². The molecule has 1 heterocycles. The molecule has 0 aliphatic rings. The summed E-state index contributed by atoms with van der Waals surface area (Å²) in [7, 11) is -3.92. The fourth-order valence-electron chi connectivity index (χ4n) is 2.27. The predicted molar refractivity (Wildman–Crippen MR) is 107 cm³/mol. The van der Waals surface area contributed by atoms with E-state index in [0.29, 0.717) is 17.8 Å². The zero-order chi connectivity index (χ0) is 21.3. The maximum atomic E-state index is 12.1. The number of hydrogen-bond donors (Lipinski definition) is 3. The maximum Gasteiger partial charge on any atom is 0.270 e. The first-order valence-electron chi connectivity index (χ1n) is 8.62. The third-order valence-corrected chi connectivity index (χ3v) is 6.02. The van der Waals surface area contributed by atoms with E-state index in [2.05, 4.69) is 15.4 Å². The molecule has 0 radical (unpaired) electrons. The van der Waals surface area contributed by atoms with Crippen LogP contribution in [0.1, 0.15) is 22.5 Å². The zero-order valence-corrected chi connectivity index (χ0v) is 16.9. The van der Waals surface area contributed by atoms with Crippen LogP contribution >= 0.6 is 11.3 Å². The van der Waals surface area contributed by atoms with Gasteiger partial charge < -0.3 is 10.6 Å². The van der Waals surface area contributed by atoms with Crippen LogP contribution in [0.5, 0.6) is 0 Å². The van der Waals surface area contributed by atoms with Crippen molar-refractivity contribution in [1.82, 2.24) is 15.4 Å². The summed E-state index contributed by atoms with van der Waals surface area (Å²) < 4.78 is 26.5. The molecule has 0 aliphatic heterocycles. The van der Waals surface area contributed by atoms with E-state index in [1.807, 2.05) is 0 Å². The normalized spacial score (nSPS) is 11.0. The van der Waals surface area contributed by atoms with E-state index < -0.39 is 14.9 Å². The third kappa shape index (κ3) is 7.25. The van der Waals surface area contributed by atoms with Crippen molar-refractivity contribution in [3.05, 3.63) is 56.8 Å². The van der Waals surface area contributed by atoms with Gasteiger partial charge in [0, 0.05) is 38.2 Å². The Morgan fingerprint density at radius 2 is 1.86 bits per heavy atom. The standard InChI is InChI=1S/C17H20N4O6S2/c22-16(7-2-8-19-17(23)15-6-3-11-28-15)18-9-10-20-29(26,27)14-5-1-4-13(12-14)21(24)25/h1,3-6,11-12,20H,2,7-10H2,(H,18,22)(H,19,23). The smallest absolute Gasteiger partial charge is 0.270 e. The minimum atomic E-state index is -3.92. The van der Waals surface area contributed by atoms with Gasteiger partial charge in [0.05, 0.1) is 14.7 Å². The Hall–Kier alpha value is -2.83. The average Bonchev–Trinajstić information content (AvgIpc) is 3.23. The number of carbonyl (C=O) groups is 2. The van der Waals surface area contributed by atoms with Crippen LogP contribution in [0, 0.1) is 10.1 Å². The molecule has 0 bridgehead atoms.